The molecule has 0 aromatic heterocycles. The number of hydrogen-bond donors (Lipinski definition) is 0. The summed E-state index contributed by atoms with van der Waals surface area (Å²) in [5, 5.41) is 0.440. The van der Waals surface area contributed by atoms with Crippen molar-refractivity contribution in [2.24, 2.45) is 0 Å². The molecule has 0 radical (unpaired) electrons. The highest BCUT2D eigenvalue weighted by atomic mass is 79.9. The highest BCUT2D eigenvalue weighted by Crippen LogP contribution is 2.02. The van der Waals surface area contributed by atoms with Crippen LogP contribution in [0, 0.1) is 0 Å². The van der Waals surface area contributed by atoms with E-state index >= 15 is 0 Å². The van der Waals surface area contributed by atoms with Crippen molar-refractivity contribution in [3.63, 3.8) is 0 Å². The van der Waals surface area contributed by atoms with Crippen molar-refractivity contribution in [3.8, 4) is 0 Å². The van der Waals surface area contributed by atoms with Crippen LogP contribution in [0.15, 0.2) is 24.8 Å². The lowest BCUT2D eigenvalue weighted by atomic mass is 10.3. The zero-order chi connectivity index (χ0) is 8.85. The Balaban J connectivity index is 3.87. The summed E-state index contributed by atoms with van der Waals surface area (Å²) in [6, 6.07) is 0. The van der Waals surface area contributed by atoms with Crippen molar-refractivity contribution in [2.75, 3.05) is 5.33 Å². The molecule has 11 heavy (non-hydrogen) atoms. The molecule has 0 aliphatic carbocycles. The lowest BCUT2D eigenvalue weighted by Crippen LogP contribution is -2.14. The number of esters is 1. The van der Waals surface area contributed by atoms with E-state index in [1.54, 1.807) is 13.0 Å². The fraction of sp³-hybridized carbons (Fsp3) is 0.375. The number of carbonyl (C=O) groups excluding carboxylic acids is 1. The highest BCUT2D eigenvalue weighted by Gasteiger charge is 2.08. The van der Waals surface area contributed by atoms with Crippen molar-refractivity contribution in [1.29, 1.82) is 0 Å². The van der Waals surface area contributed by atoms with Gasteiger partial charge >= 0.3 is 5.97 Å². The second-order valence-corrected chi connectivity index (χ2v) is 2.64. The Morgan fingerprint density at radius 1 is 1.82 bits per heavy atom. The first-order chi connectivity index (χ1) is 5.11. The molecule has 1 atom stereocenters. The van der Waals surface area contributed by atoms with Gasteiger partial charge in [0.1, 0.15) is 6.10 Å². The number of carbonyl (C=O) groups is 1. The maximum absolute atomic E-state index is 10.9. The Hall–Kier alpha value is -0.570. The van der Waals surface area contributed by atoms with Crippen molar-refractivity contribution >= 4 is 21.9 Å². The predicted octanol–water partition coefficient (Wildman–Crippen LogP) is 2.06. The summed E-state index contributed by atoms with van der Waals surface area (Å²) in [5.74, 6) is -0.380. The van der Waals surface area contributed by atoms with Crippen LogP contribution < -0.4 is 0 Å². The van der Waals surface area contributed by atoms with Crippen LogP contribution in [0.5, 0.6) is 0 Å². The maximum atomic E-state index is 10.9. The first-order valence-corrected chi connectivity index (χ1v) is 4.31. The van der Waals surface area contributed by atoms with Gasteiger partial charge in [0.15, 0.2) is 0 Å². The Morgan fingerprint density at radius 2 is 2.36 bits per heavy atom. The largest absolute Gasteiger partial charge is 0.455 e. The minimum absolute atomic E-state index is 0.252. The zero-order valence-corrected chi connectivity index (χ0v) is 8.06. The summed E-state index contributed by atoms with van der Waals surface area (Å²) in [6.07, 6.45) is 1.30. The zero-order valence-electron chi connectivity index (χ0n) is 6.47. The van der Waals surface area contributed by atoms with Gasteiger partial charge in [-0.05, 0) is 6.92 Å². The van der Waals surface area contributed by atoms with Crippen LogP contribution in [0.3, 0.4) is 0 Å². The van der Waals surface area contributed by atoms with E-state index in [1.165, 1.54) is 0 Å². The molecule has 0 aromatic rings. The third-order valence-electron chi connectivity index (χ3n) is 1.07. The monoisotopic (exact) mass is 218 g/mol. The fourth-order valence-electron chi connectivity index (χ4n) is 0.355. The van der Waals surface area contributed by atoms with Crippen LogP contribution in [-0.4, -0.2) is 17.4 Å². The third-order valence-corrected chi connectivity index (χ3v) is 1.75. The van der Waals surface area contributed by atoms with E-state index in [1.807, 2.05) is 0 Å². The summed E-state index contributed by atoms with van der Waals surface area (Å²) < 4.78 is 4.87. The Morgan fingerprint density at radius 3 is 2.73 bits per heavy atom. The summed E-state index contributed by atoms with van der Waals surface area (Å²) in [7, 11) is 0. The molecule has 0 aliphatic heterocycles. The molecule has 0 heterocycles. The molecule has 0 saturated carbocycles. The van der Waals surface area contributed by atoms with E-state index in [4.69, 9.17) is 4.74 Å². The van der Waals surface area contributed by atoms with Gasteiger partial charge in [-0.25, -0.2) is 4.79 Å². The van der Waals surface area contributed by atoms with Crippen LogP contribution in [0.1, 0.15) is 6.92 Å². The molecular formula is C8H11BrO2. The van der Waals surface area contributed by atoms with Gasteiger partial charge in [-0.15, -0.1) is 0 Å². The highest BCUT2D eigenvalue weighted by molar-refractivity contribution is 9.09. The van der Waals surface area contributed by atoms with E-state index in [-0.39, 0.29) is 12.1 Å². The summed E-state index contributed by atoms with van der Waals surface area (Å²) in [4.78, 5) is 10.9. The molecule has 3 heteroatoms. The van der Waals surface area contributed by atoms with Crippen molar-refractivity contribution < 1.29 is 9.53 Å². The summed E-state index contributed by atoms with van der Waals surface area (Å²) in [6.45, 7) is 8.73. The van der Waals surface area contributed by atoms with Gasteiger partial charge in [0, 0.05) is 10.9 Å². The quantitative estimate of drug-likeness (QED) is 0.313. The molecule has 0 saturated heterocycles. The fourth-order valence-corrected chi connectivity index (χ4v) is 0.584. The first kappa shape index (κ1) is 10.4. The lowest BCUT2D eigenvalue weighted by molar-refractivity contribution is -0.141. The summed E-state index contributed by atoms with van der Waals surface area (Å²) in [5.41, 5.74) is 0.415. The average molecular weight is 219 g/mol. The molecule has 0 N–H and O–H groups in total. The molecule has 0 spiro atoms. The van der Waals surface area contributed by atoms with Crippen molar-refractivity contribution in [1.82, 2.24) is 0 Å². The molecule has 62 valence electrons. The molecule has 0 aliphatic rings. The van der Waals surface area contributed by atoms with Crippen LogP contribution in [0.4, 0.5) is 0 Å². The van der Waals surface area contributed by atoms with Gasteiger partial charge in [-0.2, -0.15) is 0 Å². The average Bonchev–Trinajstić information content (AvgIpc) is 2.02. The van der Waals surface area contributed by atoms with Gasteiger partial charge in [0.25, 0.3) is 0 Å². The van der Waals surface area contributed by atoms with Crippen LogP contribution in [-0.2, 0) is 9.53 Å². The van der Waals surface area contributed by atoms with E-state index < -0.39 is 0 Å². The summed E-state index contributed by atoms with van der Waals surface area (Å²) >= 11 is 3.10. The maximum Gasteiger partial charge on any atom is 0.334 e. The van der Waals surface area contributed by atoms with Gasteiger partial charge in [0.2, 0.25) is 0 Å². The van der Waals surface area contributed by atoms with E-state index in [0.29, 0.717) is 10.9 Å². The predicted molar refractivity (Wildman–Crippen MR) is 48.7 cm³/mol. The Kier molecular flexibility index (Phi) is 4.86. The topological polar surface area (TPSA) is 26.3 Å². The lowest BCUT2D eigenvalue weighted by Gasteiger charge is -2.08. The smallest absolute Gasteiger partial charge is 0.334 e. The minimum Gasteiger partial charge on any atom is -0.455 e. The number of halogens is 1. The molecule has 0 bridgehead atoms. The second kappa shape index (κ2) is 5.13. The number of alkyl halides is 1. The number of hydrogen-bond acceptors (Lipinski definition) is 2. The number of ether oxygens (including phenoxy) is 1. The van der Waals surface area contributed by atoms with Gasteiger partial charge in [0.05, 0.1) is 0 Å². The molecule has 0 aromatic carbocycles. The van der Waals surface area contributed by atoms with Gasteiger partial charge < -0.3 is 4.74 Å². The van der Waals surface area contributed by atoms with Gasteiger partial charge in [-0.3, -0.25) is 0 Å². The minimum atomic E-state index is -0.380. The molecular weight excluding hydrogens is 208 g/mol. The molecule has 0 rings (SSSR count). The second-order valence-electron chi connectivity index (χ2n) is 2.08. The number of rotatable bonds is 4. The first-order valence-electron chi connectivity index (χ1n) is 3.19. The third kappa shape index (κ3) is 3.98. The van der Waals surface area contributed by atoms with Gasteiger partial charge in [-0.1, -0.05) is 35.2 Å². The van der Waals surface area contributed by atoms with Crippen molar-refractivity contribution in [3.05, 3.63) is 24.8 Å². The van der Waals surface area contributed by atoms with E-state index in [2.05, 4.69) is 29.1 Å². The SMILES string of the molecule is C=C[C@H](C)OC(=O)C(=C)CBr. The Bertz CT molecular complexity index is 175. The standard InChI is InChI=1S/C8H11BrO2/c1-4-7(3)11-8(10)6(2)5-9/h4,7H,1-2,5H2,3H3/t7-/m0/s1. The van der Waals surface area contributed by atoms with E-state index in [9.17, 15) is 4.79 Å². The molecule has 2 nitrogen and oxygen atoms in total. The van der Waals surface area contributed by atoms with E-state index in [0.717, 1.165) is 0 Å². The van der Waals surface area contributed by atoms with Crippen LogP contribution in [0.25, 0.3) is 0 Å². The molecule has 0 fully saturated rings. The Labute approximate surface area is 75.1 Å². The van der Waals surface area contributed by atoms with Crippen LogP contribution in [0.2, 0.25) is 0 Å². The molecule has 0 amide bonds. The molecule has 0 unspecified atom stereocenters. The van der Waals surface area contributed by atoms with Crippen LogP contribution >= 0.6 is 15.9 Å². The normalized spacial score (nSPS) is 11.8. The van der Waals surface area contributed by atoms with Crippen molar-refractivity contribution in [2.45, 2.75) is 13.0 Å².